The second kappa shape index (κ2) is 11.7. The number of carbonyl (C=O) groups is 1. The van der Waals surface area contributed by atoms with E-state index in [1.807, 2.05) is 25.1 Å². The van der Waals surface area contributed by atoms with E-state index < -0.39 is 10.0 Å². The first-order chi connectivity index (χ1) is 18.4. The van der Waals surface area contributed by atoms with E-state index in [4.69, 9.17) is 14.5 Å². The maximum absolute atomic E-state index is 13.8. The number of benzene rings is 2. The van der Waals surface area contributed by atoms with Gasteiger partial charge in [-0.3, -0.25) is 9.69 Å². The molecular weight excluding hydrogens is 522 g/mol. The lowest BCUT2D eigenvalue weighted by Crippen LogP contribution is -2.38. The number of fused-ring (bicyclic) bond motifs is 1. The Balaban J connectivity index is 1.42. The third-order valence-corrected chi connectivity index (χ3v) is 10.4. The van der Waals surface area contributed by atoms with Crippen molar-refractivity contribution in [2.45, 2.75) is 68.9 Å². The van der Waals surface area contributed by atoms with Gasteiger partial charge >= 0.3 is 0 Å². The molecule has 1 aliphatic carbocycles. The summed E-state index contributed by atoms with van der Waals surface area (Å²) in [6, 6.07) is 12.1. The number of hydrogen-bond donors (Lipinski definition) is 0. The Morgan fingerprint density at radius 1 is 1.08 bits per heavy atom. The lowest BCUT2D eigenvalue weighted by atomic mass is 9.96. The van der Waals surface area contributed by atoms with E-state index in [1.165, 1.54) is 27.8 Å². The van der Waals surface area contributed by atoms with Crippen LogP contribution in [0, 0.1) is 0 Å². The molecule has 1 aliphatic heterocycles. The fourth-order valence-corrected chi connectivity index (χ4v) is 7.68. The maximum atomic E-state index is 13.8. The maximum Gasteiger partial charge on any atom is 0.260 e. The van der Waals surface area contributed by atoms with Crippen molar-refractivity contribution >= 4 is 42.6 Å². The number of amides is 1. The Labute approximate surface area is 228 Å². The van der Waals surface area contributed by atoms with E-state index in [0.717, 1.165) is 55.2 Å². The minimum Gasteiger partial charge on any atom is -0.492 e. The molecule has 0 bridgehead atoms. The van der Waals surface area contributed by atoms with Gasteiger partial charge in [0.15, 0.2) is 5.13 Å². The van der Waals surface area contributed by atoms with Gasteiger partial charge in [0, 0.05) is 25.3 Å². The zero-order valence-corrected chi connectivity index (χ0v) is 23.6. The normalized spacial score (nSPS) is 18.8. The van der Waals surface area contributed by atoms with Crippen molar-refractivity contribution in [2.75, 3.05) is 31.7 Å². The van der Waals surface area contributed by atoms with Gasteiger partial charge in [0.25, 0.3) is 5.91 Å². The molecule has 1 unspecified atom stereocenters. The summed E-state index contributed by atoms with van der Waals surface area (Å²) in [5.74, 6) is 0.454. The Bertz CT molecular complexity index is 1360. The average molecular weight is 558 g/mol. The van der Waals surface area contributed by atoms with Crippen LogP contribution in [-0.2, 0) is 14.8 Å². The molecule has 1 aromatic heterocycles. The molecule has 38 heavy (non-hydrogen) atoms. The number of nitrogens with zero attached hydrogens (tertiary/aromatic N) is 3. The molecule has 5 rings (SSSR count). The molecule has 2 aliphatic rings. The van der Waals surface area contributed by atoms with Crippen LogP contribution in [0.15, 0.2) is 47.4 Å². The summed E-state index contributed by atoms with van der Waals surface area (Å²) in [7, 11) is -1.97. The third-order valence-electron chi connectivity index (χ3n) is 7.42. The minimum atomic E-state index is -3.64. The molecule has 2 fully saturated rings. The number of carbonyl (C=O) groups excluding carboxylic acids is 1. The van der Waals surface area contributed by atoms with Gasteiger partial charge in [-0.2, -0.15) is 4.31 Å². The third kappa shape index (κ3) is 5.59. The first-order valence-corrected chi connectivity index (χ1v) is 15.7. The molecule has 8 nitrogen and oxygen atoms in total. The molecule has 1 saturated carbocycles. The summed E-state index contributed by atoms with van der Waals surface area (Å²) in [6.45, 7) is 3.51. The Morgan fingerprint density at radius 2 is 1.84 bits per heavy atom. The number of ether oxygens (including phenoxy) is 2. The highest BCUT2D eigenvalue weighted by Gasteiger charge is 2.31. The van der Waals surface area contributed by atoms with Crippen molar-refractivity contribution in [1.29, 1.82) is 0 Å². The number of anilines is 1. The standard InChI is InChI=1S/C28H35N3O5S2/c1-3-35-24-12-7-13-25-26(24)29-28(37-25)31(19-22-11-8-18-36-22)27(32)20-14-16-23(17-15-20)38(33,34)30(2)21-9-5-4-6-10-21/h7,12-17,21-22H,3-6,8-11,18-19H2,1-2H3. The van der Waals surface area contributed by atoms with E-state index in [2.05, 4.69) is 0 Å². The van der Waals surface area contributed by atoms with Gasteiger partial charge in [0.1, 0.15) is 11.3 Å². The van der Waals surface area contributed by atoms with Crippen LogP contribution in [0.3, 0.4) is 0 Å². The lowest BCUT2D eigenvalue weighted by molar-refractivity contribution is 0.0917. The predicted octanol–water partition coefficient (Wildman–Crippen LogP) is 5.47. The van der Waals surface area contributed by atoms with Crippen LogP contribution in [0.2, 0.25) is 0 Å². The van der Waals surface area contributed by atoms with E-state index in [9.17, 15) is 13.2 Å². The fourth-order valence-electron chi connectivity index (χ4n) is 5.27. The van der Waals surface area contributed by atoms with E-state index in [1.54, 1.807) is 24.1 Å². The number of aromatic nitrogens is 1. The van der Waals surface area contributed by atoms with E-state index in [-0.39, 0.29) is 22.9 Å². The zero-order valence-electron chi connectivity index (χ0n) is 22.0. The molecule has 0 N–H and O–H groups in total. The SMILES string of the molecule is CCOc1cccc2sc(N(CC3CCCO3)C(=O)c3ccc(S(=O)(=O)N(C)C4CCCCC4)cc3)nc12. The molecule has 0 spiro atoms. The molecule has 2 heterocycles. The van der Waals surface area contributed by atoms with Crippen LogP contribution in [-0.4, -0.2) is 62.6 Å². The predicted molar refractivity (Wildman–Crippen MR) is 150 cm³/mol. The van der Waals surface area contributed by atoms with Crippen molar-refractivity contribution in [3.05, 3.63) is 48.0 Å². The fraction of sp³-hybridized carbons (Fsp3) is 0.500. The Kier molecular flexibility index (Phi) is 8.32. The second-order valence-electron chi connectivity index (χ2n) is 9.92. The molecular formula is C28H35N3O5S2. The van der Waals surface area contributed by atoms with Gasteiger partial charge in [0.05, 0.1) is 28.9 Å². The minimum absolute atomic E-state index is 0.0255. The summed E-state index contributed by atoms with van der Waals surface area (Å²) in [5.41, 5.74) is 1.14. The van der Waals surface area contributed by atoms with Crippen molar-refractivity contribution in [2.24, 2.45) is 0 Å². The van der Waals surface area contributed by atoms with Gasteiger partial charge in [0.2, 0.25) is 10.0 Å². The lowest BCUT2D eigenvalue weighted by Gasteiger charge is -2.30. The van der Waals surface area contributed by atoms with E-state index >= 15 is 0 Å². The van der Waals surface area contributed by atoms with Crippen LogP contribution >= 0.6 is 11.3 Å². The molecule has 3 aromatic rings. The van der Waals surface area contributed by atoms with E-state index in [0.29, 0.717) is 36.2 Å². The molecule has 2 aromatic carbocycles. The molecule has 1 amide bonds. The van der Waals surface area contributed by atoms with Crippen molar-refractivity contribution in [3.8, 4) is 5.75 Å². The number of hydrogen-bond acceptors (Lipinski definition) is 7. The van der Waals surface area contributed by atoms with Crippen molar-refractivity contribution in [3.63, 3.8) is 0 Å². The molecule has 204 valence electrons. The number of sulfonamides is 1. The first-order valence-electron chi connectivity index (χ1n) is 13.4. The summed E-state index contributed by atoms with van der Waals surface area (Å²) in [4.78, 5) is 20.5. The van der Waals surface area contributed by atoms with Crippen LogP contribution in [0.1, 0.15) is 62.2 Å². The van der Waals surface area contributed by atoms with Crippen molar-refractivity contribution in [1.82, 2.24) is 9.29 Å². The van der Waals surface area contributed by atoms with Crippen LogP contribution in [0.25, 0.3) is 10.2 Å². The molecule has 10 heteroatoms. The highest BCUT2D eigenvalue weighted by Crippen LogP contribution is 2.35. The highest BCUT2D eigenvalue weighted by atomic mass is 32.2. The average Bonchev–Trinajstić information content (AvgIpc) is 3.62. The topological polar surface area (TPSA) is 89.0 Å². The van der Waals surface area contributed by atoms with Gasteiger partial charge in [-0.15, -0.1) is 0 Å². The summed E-state index contributed by atoms with van der Waals surface area (Å²) in [5, 5.41) is 0.571. The monoisotopic (exact) mass is 557 g/mol. The zero-order chi connectivity index (χ0) is 26.7. The van der Waals surface area contributed by atoms with Gasteiger partial charge < -0.3 is 9.47 Å². The van der Waals surface area contributed by atoms with Crippen LogP contribution in [0.4, 0.5) is 5.13 Å². The largest absolute Gasteiger partial charge is 0.492 e. The Hall–Kier alpha value is -2.53. The summed E-state index contributed by atoms with van der Waals surface area (Å²) >= 11 is 1.43. The smallest absolute Gasteiger partial charge is 0.260 e. The van der Waals surface area contributed by atoms with Crippen molar-refractivity contribution < 1.29 is 22.7 Å². The summed E-state index contributed by atoms with van der Waals surface area (Å²) < 4.78 is 40.6. The first kappa shape index (κ1) is 27.1. The Morgan fingerprint density at radius 3 is 2.53 bits per heavy atom. The van der Waals surface area contributed by atoms with Gasteiger partial charge in [-0.1, -0.05) is 36.7 Å². The van der Waals surface area contributed by atoms with Crippen LogP contribution in [0.5, 0.6) is 5.75 Å². The van der Waals surface area contributed by atoms with Gasteiger partial charge in [-0.05, 0) is 69.0 Å². The number of para-hydroxylation sites is 1. The molecule has 1 atom stereocenters. The second-order valence-corrected chi connectivity index (χ2v) is 12.9. The van der Waals surface area contributed by atoms with Crippen LogP contribution < -0.4 is 9.64 Å². The number of rotatable bonds is 9. The number of thiazole rings is 1. The highest BCUT2D eigenvalue weighted by molar-refractivity contribution is 7.89. The quantitative estimate of drug-likeness (QED) is 0.346. The molecule has 1 saturated heterocycles. The summed E-state index contributed by atoms with van der Waals surface area (Å²) in [6.07, 6.45) is 6.81. The molecule has 0 radical (unpaired) electrons. The van der Waals surface area contributed by atoms with Gasteiger partial charge in [-0.25, -0.2) is 13.4 Å².